The van der Waals surface area contributed by atoms with Crippen LogP contribution in [0.25, 0.3) is 0 Å². The number of rotatable bonds is 13. The van der Waals surface area contributed by atoms with Gasteiger partial charge in [0, 0.05) is 6.42 Å². The number of carbonyl (C=O) groups excluding carboxylic acids is 4. The predicted octanol–water partition coefficient (Wildman–Crippen LogP) is -3.21. The molecule has 12 heteroatoms. The van der Waals surface area contributed by atoms with Crippen LogP contribution < -0.4 is 27.4 Å². The molecule has 3 atom stereocenters. The third kappa shape index (κ3) is 10.4. The standard InChI is InChI=1S/C16H29N5O7/c1-8(2)5-11(21-14(25)9(17)7-22)15(26)19-6-13(24)20-10(16(27)28)3-4-12(18)23/h8-11,22H,3-7,17H2,1-2H3,(H2,18,23)(H,19,26)(H,20,24)(H,21,25)(H,27,28). The van der Waals surface area contributed by atoms with Crippen molar-refractivity contribution in [1.29, 1.82) is 0 Å². The van der Waals surface area contributed by atoms with Crippen LogP contribution in [0.3, 0.4) is 0 Å². The summed E-state index contributed by atoms with van der Waals surface area (Å²) < 4.78 is 0. The SMILES string of the molecule is CC(C)CC(NC(=O)C(N)CO)C(=O)NCC(=O)NC(CCC(N)=O)C(=O)O. The number of hydrogen-bond acceptors (Lipinski definition) is 7. The molecular formula is C16H29N5O7. The number of nitrogens with one attached hydrogen (secondary N) is 3. The molecule has 28 heavy (non-hydrogen) atoms. The highest BCUT2D eigenvalue weighted by Crippen LogP contribution is 2.05. The van der Waals surface area contributed by atoms with Crippen LogP contribution in [0.4, 0.5) is 0 Å². The molecule has 0 saturated carbocycles. The summed E-state index contributed by atoms with van der Waals surface area (Å²) >= 11 is 0. The Labute approximate surface area is 162 Å². The molecule has 0 spiro atoms. The second-order valence-electron chi connectivity index (χ2n) is 6.66. The molecule has 3 unspecified atom stereocenters. The van der Waals surface area contributed by atoms with Gasteiger partial charge in [0.25, 0.3) is 0 Å². The highest BCUT2D eigenvalue weighted by molar-refractivity contribution is 5.92. The fourth-order valence-corrected chi connectivity index (χ4v) is 2.14. The molecule has 0 aromatic rings. The minimum Gasteiger partial charge on any atom is -0.480 e. The molecule has 0 fully saturated rings. The van der Waals surface area contributed by atoms with E-state index in [0.717, 1.165) is 0 Å². The Bertz CT molecular complexity index is 582. The van der Waals surface area contributed by atoms with Crippen LogP contribution >= 0.6 is 0 Å². The normalized spacial score (nSPS) is 13.9. The summed E-state index contributed by atoms with van der Waals surface area (Å²) in [6, 6.07) is -3.50. The second-order valence-corrected chi connectivity index (χ2v) is 6.66. The van der Waals surface area contributed by atoms with E-state index in [1.54, 1.807) is 0 Å². The van der Waals surface area contributed by atoms with E-state index in [4.69, 9.17) is 21.7 Å². The van der Waals surface area contributed by atoms with Crippen LogP contribution in [-0.2, 0) is 24.0 Å². The van der Waals surface area contributed by atoms with Crippen molar-refractivity contribution in [3.8, 4) is 0 Å². The first-order valence-electron chi connectivity index (χ1n) is 8.72. The molecular weight excluding hydrogens is 374 g/mol. The summed E-state index contributed by atoms with van der Waals surface area (Å²) in [6.07, 6.45) is -0.152. The largest absolute Gasteiger partial charge is 0.480 e. The Hall–Kier alpha value is -2.73. The maximum Gasteiger partial charge on any atom is 0.326 e. The zero-order valence-corrected chi connectivity index (χ0v) is 15.9. The maximum absolute atomic E-state index is 12.3. The van der Waals surface area contributed by atoms with Crippen molar-refractivity contribution in [3.63, 3.8) is 0 Å². The molecule has 160 valence electrons. The number of nitrogens with two attached hydrogens (primary N) is 2. The summed E-state index contributed by atoms with van der Waals surface area (Å²) in [6.45, 7) is 2.52. The number of aliphatic hydroxyl groups is 1. The fourth-order valence-electron chi connectivity index (χ4n) is 2.14. The van der Waals surface area contributed by atoms with Gasteiger partial charge in [-0.1, -0.05) is 13.8 Å². The number of aliphatic hydroxyl groups excluding tert-OH is 1. The number of hydrogen-bond donors (Lipinski definition) is 7. The number of carbonyl (C=O) groups is 5. The van der Waals surface area contributed by atoms with E-state index >= 15 is 0 Å². The van der Waals surface area contributed by atoms with Gasteiger partial charge in [0.2, 0.25) is 23.6 Å². The third-order valence-corrected chi connectivity index (χ3v) is 3.61. The molecule has 0 rings (SSSR count). The average Bonchev–Trinajstić information content (AvgIpc) is 2.60. The molecule has 0 aliphatic heterocycles. The number of amides is 4. The smallest absolute Gasteiger partial charge is 0.326 e. The highest BCUT2D eigenvalue weighted by atomic mass is 16.4. The van der Waals surface area contributed by atoms with E-state index in [1.165, 1.54) is 0 Å². The lowest BCUT2D eigenvalue weighted by molar-refractivity contribution is -0.142. The van der Waals surface area contributed by atoms with E-state index in [2.05, 4.69) is 16.0 Å². The molecule has 0 aromatic heterocycles. The molecule has 12 nitrogen and oxygen atoms in total. The van der Waals surface area contributed by atoms with Gasteiger partial charge >= 0.3 is 5.97 Å². The van der Waals surface area contributed by atoms with Gasteiger partial charge < -0.3 is 37.6 Å². The lowest BCUT2D eigenvalue weighted by Gasteiger charge is -2.21. The maximum atomic E-state index is 12.3. The van der Waals surface area contributed by atoms with Crippen LogP contribution in [0, 0.1) is 5.92 Å². The number of carboxylic acids is 1. The van der Waals surface area contributed by atoms with Gasteiger partial charge in [-0.05, 0) is 18.8 Å². The van der Waals surface area contributed by atoms with Crippen molar-refractivity contribution in [2.75, 3.05) is 13.2 Å². The highest BCUT2D eigenvalue weighted by Gasteiger charge is 2.25. The van der Waals surface area contributed by atoms with Gasteiger partial charge in [0.1, 0.15) is 18.1 Å². The van der Waals surface area contributed by atoms with Crippen molar-refractivity contribution >= 4 is 29.6 Å². The van der Waals surface area contributed by atoms with Gasteiger partial charge in [-0.25, -0.2) is 4.79 Å². The molecule has 0 radical (unpaired) electrons. The van der Waals surface area contributed by atoms with Crippen LogP contribution in [0.1, 0.15) is 33.1 Å². The van der Waals surface area contributed by atoms with E-state index in [1.807, 2.05) is 13.8 Å². The molecule has 0 aliphatic rings. The molecule has 0 aromatic carbocycles. The zero-order valence-electron chi connectivity index (χ0n) is 15.9. The summed E-state index contributed by atoms with van der Waals surface area (Å²) in [5.41, 5.74) is 10.4. The lowest BCUT2D eigenvalue weighted by atomic mass is 10.0. The van der Waals surface area contributed by atoms with Gasteiger partial charge in [-0.2, -0.15) is 0 Å². The van der Waals surface area contributed by atoms with E-state index in [9.17, 15) is 24.0 Å². The Kier molecular flexibility index (Phi) is 11.4. The molecule has 0 saturated heterocycles. The van der Waals surface area contributed by atoms with Gasteiger partial charge in [0.15, 0.2) is 0 Å². The Morgan fingerprint density at radius 2 is 1.61 bits per heavy atom. The number of aliphatic carboxylic acids is 1. The predicted molar refractivity (Wildman–Crippen MR) is 97.5 cm³/mol. The first kappa shape index (κ1) is 25.3. The monoisotopic (exact) mass is 403 g/mol. The lowest BCUT2D eigenvalue weighted by Crippen LogP contribution is -2.54. The number of primary amides is 1. The summed E-state index contributed by atoms with van der Waals surface area (Å²) in [4.78, 5) is 57.8. The molecule has 0 heterocycles. The van der Waals surface area contributed by atoms with E-state index in [-0.39, 0.29) is 25.2 Å². The van der Waals surface area contributed by atoms with E-state index < -0.39 is 60.9 Å². The Morgan fingerprint density at radius 3 is 2.07 bits per heavy atom. The fraction of sp³-hybridized carbons (Fsp3) is 0.688. The number of carboxylic acid groups (broad SMARTS) is 1. The van der Waals surface area contributed by atoms with Gasteiger partial charge in [0.05, 0.1) is 13.2 Å². The van der Waals surface area contributed by atoms with Crippen molar-refractivity contribution < 1.29 is 34.2 Å². The summed E-state index contributed by atoms with van der Waals surface area (Å²) in [5, 5.41) is 24.8. The van der Waals surface area contributed by atoms with Crippen molar-refractivity contribution in [2.45, 2.75) is 51.2 Å². The topological polar surface area (TPSA) is 214 Å². The first-order chi connectivity index (χ1) is 13.0. The van der Waals surface area contributed by atoms with Crippen LogP contribution in [0.2, 0.25) is 0 Å². The summed E-state index contributed by atoms with van der Waals surface area (Å²) in [7, 11) is 0. The molecule has 9 N–H and O–H groups in total. The van der Waals surface area contributed by atoms with Crippen LogP contribution in [0.5, 0.6) is 0 Å². The first-order valence-corrected chi connectivity index (χ1v) is 8.72. The Morgan fingerprint density at radius 1 is 1.00 bits per heavy atom. The minimum atomic E-state index is -1.34. The van der Waals surface area contributed by atoms with Crippen molar-refractivity contribution in [1.82, 2.24) is 16.0 Å². The second kappa shape index (κ2) is 12.6. The van der Waals surface area contributed by atoms with Crippen LogP contribution in [-0.4, -0.2) is 71.1 Å². The van der Waals surface area contributed by atoms with Crippen molar-refractivity contribution in [2.24, 2.45) is 17.4 Å². The van der Waals surface area contributed by atoms with Crippen molar-refractivity contribution in [3.05, 3.63) is 0 Å². The van der Waals surface area contributed by atoms with Gasteiger partial charge in [-0.3, -0.25) is 19.2 Å². The quantitative estimate of drug-likeness (QED) is 0.166. The average molecular weight is 403 g/mol. The summed E-state index contributed by atoms with van der Waals surface area (Å²) in [5.74, 6) is -4.19. The molecule has 0 aliphatic carbocycles. The minimum absolute atomic E-state index is 0.0282. The van der Waals surface area contributed by atoms with Gasteiger partial charge in [-0.15, -0.1) is 0 Å². The zero-order chi connectivity index (χ0) is 21.9. The third-order valence-electron chi connectivity index (χ3n) is 3.61. The Balaban J connectivity index is 4.76. The van der Waals surface area contributed by atoms with Crippen LogP contribution in [0.15, 0.2) is 0 Å². The van der Waals surface area contributed by atoms with E-state index in [0.29, 0.717) is 0 Å². The molecule has 4 amide bonds. The molecule has 0 bridgehead atoms.